The number of nitrogens with zero attached hydrogens (tertiary/aromatic N) is 2. The molecule has 3 unspecified atom stereocenters. The summed E-state index contributed by atoms with van der Waals surface area (Å²) in [6.45, 7) is 9.10. The van der Waals surface area contributed by atoms with Gasteiger partial charge in [-0.05, 0) is 32.2 Å². The standard InChI is InChI=1S/C14H25N3O2/c1-4-12(10(3)15-5-2)14-16-13(17-19-14)8-11-6-7-18-9-11/h10-12,15H,4-9H2,1-3H3. The molecule has 1 aliphatic heterocycles. The maximum absolute atomic E-state index is 5.45. The van der Waals surface area contributed by atoms with Crippen molar-refractivity contribution in [3.8, 4) is 0 Å². The molecule has 108 valence electrons. The summed E-state index contributed by atoms with van der Waals surface area (Å²) in [6.07, 6.45) is 2.98. The summed E-state index contributed by atoms with van der Waals surface area (Å²) in [7, 11) is 0. The van der Waals surface area contributed by atoms with Crippen LogP contribution in [0.15, 0.2) is 4.52 Å². The fourth-order valence-electron chi connectivity index (χ4n) is 2.71. The van der Waals surface area contributed by atoms with Crippen molar-refractivity contribution >= 4 is 0 Å². The Hall–Kier alpha value is -0.940. The molecule has 1 aromatic rings. The minimum absolute atomic E-state index is 0.293. The van der Waals surface area contributed by atoms with E-state index in [0.717, 1.165) is 50.7 Å². The van der Waals surface area contributed by atoms with E-state index < -0.39 is 0 Å². The summed E-state index contributed by atoms with van der Waals surface area (Å²) >= 11 is 0. The van der Waals surface area contributed by atoms with Gasteiger partial charge in [-0.15, -0.1) is 0 Å². The predicted molar refractivity (Wildman–Crippen MR) is 73.1 cm³/mol. The summed E-state index contributed by atoms with van der Waals surface area (Å²) < 4.78 is 10.8. The number of ether oxygens (including phenoxy) is 1. The summed E-state index contributed by atoms with van der Waals surface area (Å²) in [5.41, 5.74) is 0. The largest absolute Gasteiger partial charge is 0.381 e. The van der Waals surface area contributed by atoms with Crippen LogP contribution >= 0.6 is 0 Å². The molecule has 0 saturated carbocycles. The highest BCUT2D eigenvalue weighted by molar-refractivity contribution is 4.99. The second-order valence-electron chi connectivity index (χ2n) is 5.34. The van der Waals surface area contributed by atoms with Crippen molar-refractivity contribution in [2.75, 3.05) is 19.8 Å². The van der Waals surface area contributed by atoms with Crippen LogP contribution in [0.3, 0.4) is 0 Å². The Morgan fingerprint density at radius 1 is 1.42 bits per heavy atom. The lowest BCUT2D eigenvalue weighted by molar-refractivity contribution is 0.185. The minimum atomic E-state index is 0.293. The maximum atomic E-state index is 5.45. The van der Waals surface area contributed by atoms with Crippen LogP contribution in [0.4, 0.5) is 0 Å². The van der Waals surface area contributed by atoms with Crippen molar-refractivity contribution < 1.29 is 9.26 Å². The summed E-state index contributed by atoms with van der Waals surface area (Å²) in [5.74, 6) is 2.44. The Morgan fingerprint density at radius 3 is 2.89 bits per heavy atom. The van der Waals surface area contributed by atoms with Crippen LogP contribution in [0.25, 0.3) is 0 Å². The monoisotopic (exact) mass is 267 g/mol. The number of hydrogen-bond donors (Lipinski definition) is 1. The van der Waals surface area contributed by atoms with E-state index in [-0.39, 0.29) is 0 Å². The molecule has 1 aliphatic rings. The lowest BCUT2D eigenvalue weighted by Crippen LogP contribution is -2.31. The van der Waals surface area contributed by atoms with Crippen LogP contribution in [0.2, 0.25) is 0 Å². The first kappa shape index (κ1) is 14.5. The third-order valence-electron chi connectivity index (χ3n) is 3.87. The lowest BCUT2D eigenvalue weighted by atomic mass is 9.98. The number of likely N-dealkylation sites (N-methyl/N-ethyl adjacent to an activating group) is 1. The Bertz CT molecular complexity index is 375. The Balaban J connectivity index is 1.97. The Kier molecular flexibility index (Phi) is 5.34. The third kappa shape index (κ3) is 3.76. The molecule has 0 bridgehead atoms. The highest BCUT2D eigenvalue weighted by Crippen LogP contribution is 2.23. The van der Waals surface area contributed by atoms with E-state index in [1.165, 1.54) is 0 Å². The molecule has 5 heteroatoms. The highest BCUT2D eigenvalue weighted by atomic mass is 16.5. The van der Waals surface area contributed by atoms with E-state index in [1.807, 2.05) is 0 Å². The first-order chi connectivity index (χ1) is 9.24. The third-order valence-corrected chi connectivity index (χ3v) is 3.87. The molecule has 0 aliphatic carbocycles. The molecular formula is C14H25N3O2. The number of nitrogens with one attached hydrogen (secondary N) is 1. The second-order valence-corrected chi connectivity index (χ2v) is 5.34. The van der Waals surface area contributed by atoms with Gasteiger partial charge in [0, 0.05) is 25.7 Å². The second kappa shape index (κ2) is 7.01. The van der Waals surface area contributed by atoms with E-state index in [1.54, 1.807) is 0 Å². The average molecular weight is 267 g/mol. The zero-order valence-electron chi connectivity index (χ0n) is 12.2. The first-order valence-corrected chi connectivity index (χ1v) is 7.38. The molecule has 2 rings (SSSR count). The van der Waals surface area contributed by atoms with Gasteiger partial charge in [-0.2, -0.15) is 4.98 Å². The molecule has 0 aromatic carbocycles. The number of hydrogen-bond acceptors (Lipinski definition) is 5. The van der Waals surface area contributed by atoms with Crippen molar-refractivity contribution in [2.45, 2.75) is 52.0 Å². The van der Waals surface area contributed by atoms with Crippen molar-refractivity contribution in [3.05, 3.63) is 11.7 Å². The van der Waals surface area contributed by atoms with Crippen molar-refractivity contribution in [1.82, 2.24) is 15.5 Å². The number of rotatable bonds is 7. The van der Waals surface area contributed by atoms with E-state index in [0.29, 0.717) is 17.9 Å². The Morgan fingerprint density at radius 2 is 2.26 bits per heavy atom. The molecule has 0 spiro atoms. The van der Waals surface area contributed by atoms with Gasteiger partial charge in [0.25, 0.3) is 0 Å². The van der Waals surface area contributed by atoms with Gasteiger partial charge in [-0.1, -0.05) is 19.0 Å². The van der Waals surface area contributed by atoms with Gasteiger partial charge >= 0.3 is 0 Å². The molecule has 0 radical (unpaired) electrons. The molecular weight excluding hydrogens is 242 g/mol. The molecule has 1 fully saturated rings. The summed E-state index contributed by atoms with van der Waals surface area (Å²) in [5, 5.41) is 7.55. The van der Waals surface area contributed by atoms with Gasteiger partial charge in [0.05, 0.1) is 5.92 Å². The maximum Gasteiger partial charge on any atom is 0.231 e. The molecule has 1 saturated heterocycles. The van der Waals surface area contributed by atoms with Gasteiger partial charge < -0.3 is 14.6 Å². The van der Waals surface area contributed by atoms with Crippen molar-refractivity contribution in [3.63, 3.8) is 0 Å². The minimum Gasteiger partial charge on any atom is -0.381 e. The van der Waals surface area contributed by atoms with Crippen LogP contribution in [0.1, 0.15) is 51.2 Å². The van der Waals surface area contributed by atoms with Crippen molar-refractivity contribution in [2.24, 2.45) is 5.92 Å². The van der Waals surface area contributed by atoms with Gasteiger partial charge in [-0.3, -0.25) is 0 Å². The molecule has 1 aromatic heterocycles. The smallest absolute Gasteiger partial charge is 0.231 e. The van der Waals surface area contributed by atoms with Crippen LogP contribution in [-0.4, -0.2) is 35.9 Å². The van der Waals surface area contributed by atoms with E-state index in [2.05, 4.69) is 36.2 Å². The lowest BCUT2D eigenvalue weighted by Gasteiger charge is -2.19. The van der Waals surface area contributed by atoms with Crippen LogP contribution in [0.5, 0.6) is 0 Å². The summed E-state index contributed by atoms with van der Waals surface area (Å²) in [6, 6.07) is 0.359. The van der Waals surface area contributed by atoms with Crippen molar-refractivity contribution in [1.29, 1.82) is 0 Å². The van der Waals surface area contributed by atoms with E-state index in [4.69, 9.17) is 9.26 Å². The highest BCUT2D eigenvalue weighted by Gasteiger charge is 2.24. The van der Waals surface area contributed by atoms with Gasteiger partial charge in [0.1, 0.15) is 0 Å². The molecule has 0 amide bonds. The SMILES string of the molecule is CCNC(C)C(CC)c1nc(CC2CCOC2)no1. The van der Waals surface area contributed by atoms with Gasteiger partial charge in [0.2, 0.25) is 5.89 Å². The molecule has 3 atom stereocenters. The topological polar surface area (TPSA) is 60.2 Å². The first-order valence-electron chi connectivity index (χ1n) is 7.38. The fourth-order valence-corrected chi connectivity index (χ4v) is 2.71. The van der Waals surface area contributed by atoms with Crippen LogP contribution in [0, 0.1) is 5.92 Å². The fraction of sp³-hybridized carbons (Fsp3) is 0.857. The zero-order valence-corrected chi connectivity index (χ0v) is 12.2. The average Bonchev–Trinajstić information content (AvgIpc) is 3.03. The van der Waals surface area contributed by atoms with Crippen LogP contribution < -0.4 is 5.32 Å². The zero-order chi connectivity index (χ0) is 13.7. The molecule has 5 nitrogen and oxygen atoms in total. The normalized spacial score (nSPS) is 22.6. The molecule has 2 heterocycles. The van der Waals surface area contributed by atoms with Crippen LogP contribution in [-0.2, 0) is 11.2 Å². The Labute approximate surface area is 115 Å². The van der Waals surface area contributed by atoms with Gasteiger partial charge in [0.15, 0.2) is 5.82 Å². The number of aromatic nitrogens is 2. The molecule has 1 N–H and O–H groups in total. The van der Waals surface area contributed by atoms with Gasteiger partial charge in [-0.25, -0.2) is 0 Å². The van der Waals surface area contributed by atoms with E-state index in [9.17, 15) is 0 Å². The molecule has 19 heavy (non-hydrogen) atoms. The predicted octanol–water partition coefficient (Wildman–Crippen LogP) is 2.14. The quantitative estimate of drug-likeness (QED) is 0.820. The van der Waals surface area contributed by atoms with E-state index >= 15 is 0 Å². The summed E-state index contributed by atoms with van der Waals surface area (Å²) in [4.78, 5) is 4.57.